The molecule has 0 spiro atoms. The van der Waals surface area contributed by atoms with Crippen molar-refractivity contribution in [1.29, 1.82) is 0 Å². The highest BCUT2D eigenvalue weighted by atomic mass is 16.4. The van der Waals surface area contributed by atoms with Gasteiger partial charge in [-0.05, 0) is 37.3 Å². The number of carboxylic acid groups (broad SMARTS) is 1. The van der Waals surface area contributed by atoms with Crippen LogP contribution in [0.15, 0.2) is 39.5 Å². The van der Waals surface area contributed by atoms with E-state index in [2.05, 4.69) is 0 Å². The van der Waals surface area contributed by atoms with Crippen molar-refractivity contribution in [2.75, 3.05) is 0 Å². The molecule has 2 aromatic rings. The van der Waals surface area contributed by atoms with Crippen LogP contribution in [0.25, 0.3) is 11.0 Å². The fourth-order valence-corrected chi connectivity index (χ4v) is 4.31. The maximum atomic E-state index is 13.0. The number of rotatable bonds is 2. The van der Waals surface area contributed by atoms with Gasteiger partial charge in [-0.15, -0.1) is 0 Å². The second-order valence-electron chi connectivity index (χ2n) is 6.89. The van der Waals surface area contributed by atoms with E-state index < -0.39 is 17.9 Å². The number of likely N-dealkylation sites (tertiary alicyclic amines) is 1. The first-order chi connectivity index (χ1) is 12.1. The fourth-order valence-electron chi connectivity index (χ4n) is 4.31. The molecule has 2 fully saturated rings. The predicted molar refractivity (Wildman–Crippen MR) is 90.4 cm³/mol. The molecule has 25 heavy (non-hydrogen) atoms. The first-order valence-electron chi connectivity index (χ1n) is 8.64. The van der Waals surface area contributed by atoms with Gasteiger partial charge in [0.05, 0.1) is 5.39 Å². The molecule has 1 saturated heterocycles. The van der Waals surface area contributed by atoms with Gasteiger partial charge in [-0.25, -0.2) is 4.79 Å². The Balaban J connectivity index is 1.76. The molecular weight excluding hydrogens is 322 g/mol. The largest absolute Gasteiger partial charge is 0.480 e. The number of aliphatic carboxylic acids is 1. The molecule has 1 aliphatic carbocycles. The lowest BCUT2D eigenvalue weighted by molar-refractivity contribution is -0.141. The Morgan fingerprint density at radius 2 is 1.92 bits per heavy atom. The van der Waals surface area contributed by atoms with Crippen LogP contribution in [0.3, 0.4) is 0 Å². The van der Waals surface area contributed by atoms with Crippen molar-refractivity contribution >= 4 is 22.8 Å². The molecule has 6 heteroatoms. The first-order valence-corrected chi connectivity index (χ1v) is 8.64. The molecule has 0 unspecified atom stereocenters. The zero-order valence-electron chi connectivity index (χ0n) is 13.7. The number of hydrogen-bond donors (Lipinski definition) is 1. The number of carbonyl (C=O) groups is 2. The maximum absolute atomic E-state index is 13.0. The number of nitrogens with zero attached hydrogens (tertiary/aromatic N) is 1. The lowest BCUT2D eigenvalue weighted by Crippen LogP contribution is -2.46. The monoisotopic (exact) mass is 341 g/mol. The summed E-state index contributed by atoms with van der Waals surface area (Å²) in [5.74, 6) is -1.36. The molecule has 0 radical (unpaired) electrons. The van der Waals surface area contributed by atoms with Gasteiger partial charge in [0, 0.05) is 12.1 Å². The third kappa shape index (κ3) is 2.62. The average molecular weight is 341 g/mol. The number of hydrogen-bond acceptors (Lipinski definition) is 4. The summed E-state index contributed by atoms with van der Waals surface area (Å²) in [6.45, 7) is 0. The van der Waals surface area contributed by atoms with E-state index in [0.717, 1.165) is 25.7 Å². The summed E-state index contributed by atoms with van der Waals surface area (Å²) < 4.78 is 5.64. The van der Waals surface area contributed by atoms with E-state index in [4.69, 9.17) is 4.42 Å². The molecular formula is C19H19NO5. The van der Waals surface area contributed by atoms with E-state index in [0.29, 0.717) is 17.4 Å². The standard InChI is InChI=1S/C19H19NO5/c21-15-10-17(25-16-8-4-2-6-12(15)16)18(22)20-13-7-3-1-5-11(13)9-14(20)19(23)24/h2,4,6,8,10-11,13-14H,1,3,5,7,9H2,(H,23,24)/t11-,13-,14+/m1/s1. The fraction of sp³-hybridized carbons (Fsp3) is 0.421. The quantitative estimate of drug-likeness (QED) is 0.907. The van der Waals surface area contributed by atoms with Crippen LogP contribution in [-0.2, 0) is 4.79 Å². The SMILES string of the molecule is O=C(O)[C@@H]1C[C@H]2CCCC[C@H]2N1C(=O)c1cc(=O)c2ccccc2o1. The van der Waals surface area contributed by atoms with E-state index in [1.54, 1.807) is 24.3 Å². The average Bonchev–Trinajstić information content (AvgIpc) is 3.01. The molecule has 1 aromatic heterocycles. The van der Waals surface area contributed by atoms with E-state index in [9.17, 15) is 19.5 Å². The number of para-hydroxylation sites is 1. The molecule has 1 saturated carbocycles. The minimum atomic E-state index is -0.995. The third-order valence-electron chi connectivity index (χ3n) is 5.45. The summed E-state index contributed by atoms with van der Waals surface area (Å²) in [7, 11) is 0. The minimum Gasteiger partial charge on any atom is -0.480 e. The summed E-state index contributed by atoms with van der Waals surface area (Å²) in [5.41, 5.74) is 0.0427. The number of carboxylic acids is 1. The lowest BCUT2D eigenvalue weighted by atomic mass is 9.84. The Morgan fingerprint density at radius 1 is 1.16 bits per heavy atom. The van der Waals surface area contributed by atoms with Crippen LogP contribution in [0.5, 0.6) is 0 Å². The predicted octanol–water partition coefficient (Wildman–Crippen LogP) is 2.65. The smallest absolute Gasteiger partial charge is 0.326 e. The lowest BCUT2D eigenvalue weighted by Gasteiger charge is -2.32. The maximum Gasteiger partial charge on any atom is 0.326 e. The molecule has 1 aromatic carbocycles. The van der Waals surface area contributed by atoms with Crippen molar-refractivity contribution in [3.8, 4) is 0 Å². The van der Waals surface area contributed by atoms with Crippen LogP contribution in [-0.4, -0.2) is 34.0 Å². The Hall–Kier alpha value is -2.63. The Labute approximate surface area is 144 Å². The highest BCUT2D eigenvalue weighted by molar-refractivity contribution is 5.96. The van der Waals surface area contributed by atoms with Crippen molar-refractivity contribution in [2.24, 2.45) is 5.92 Å². The van der Waals surface area contributed by atoms with Gasteiger partial charge in [0.15, 0.2) is 11.2 Å². The van der Waals surface area contributed by atoms with Crippen LogP contribution in [0.4, 0.5) is 0 Å². The zero-order valence-corrected chi connectivity index (χ0v) is 13.7. The molecule has 130 valence electrons. The Morgan fingerprint density at radius 3 is 2.72 bits per heavy atom. The topological polar surface area (TPSA) is 87.8 Å². The number of carbonyl (C=O) groups excluding carboxylic acids is 1. The Bertz CT molecular complexity index is 902. The highest BCUT2D eigenvalue weighted by Gasteiger charge is 2.48. The van der Waals surface area contributed by atoms with Crippen LogP contribution in [0.2, 0.25) is 0 Å². The van der Waals surface area contributed by atoms with Crippen molar-refractivity contribution in [3.05, 3.63) is 46.3 Å². The van der Waals surface area contributed by atoms with E-state index in [1.165, 1.54) is 11.0 Å². The van der Waals surface area contributed by atoms with Crippen molar-refractivity contribution in [1.82, 2.24) is 4.90 Å². The number of amides is 1. The molecule has 3 atom stereocenters. The molecule has 2 aliphatic rings. The number of fused-ring (bicyclic) bond motifs is 2. The second-order valence-corrected chi connectivity index (χ2v) is 6.89. The van der Waals surface area contributed by atoms with Gasteiger partial charge in [-0.2, -0.15) is 0 Å². The van der Waals surface area contributed by atoms with Gasteiger partial charge >= 0.3 is 5.97 Å². The third-order valence-corrected chi connectivity index (χ3v) is 5.45. The second kappa shape index (κ2) is 6.02. The summed E-state index contributed by atoms with van der Waals surface area (Å²) in [6, 6.07) is 6.98. The minimum absolute atomic E-state index is 0.0822. The summed E-state index contributed by atoms with van der Waals surface area (Å²) in [6.07, 6.45) is 4.28. The van der Waals surface area contributed by atoms with Crippen LogP contribution < -0.4 is 5.43 Å². The van der Waals surface area contributed by atoms with Gasteiger partial charge in [-0.1, -0.05) is 25.0 Å². The molecule has 0 bridgehead atoms. The summed E-state index contributed by atoms with van der Waals surface area (Å²) in [5, 5.41) is 9.97. The number of benzene rings is 1. The van der Waals surface area contributed by atoms with Gasteiger partial charge in [0.1, 0.15) is 11.6 Å². The molecule has 6 nitrogen and oxygen atoms in total. The molecule has 4 rings (SSSR count). The molecule has 1 N–H and O–H groups in total. The van der Waals surface area contributed by atoms with Crippen molar-refractivity contribution < 1.29 is 19.1 Å². The normalized spacial score (nSPS) is 25.8. The van der Waals surface area contributed by atoms with E-state index in [1.807, 2.05) is 0 Å². The first kappa shape index (κ1) is 15.9. The Kier molecular flexibility index (Phi) is 3.82. The molecule has 1 amide bonds. The summed E-state index contributed by atoms with van der Waals surface area (Å²) in [4.78, 5) is 38.4. The van der Waals surface area contributed by atoms with E-state index in [-0.39, 0.29) is 23.1 Å². The van der Waals surface area contributed by atoms with Crippen molar-refractivity contribution in [3.63, 3.8) is 0 Å². The van der Waals surface area contributed by atoms with E-state index >= 15 is 0 Å². The van der Waals surface area contributed by atoms with Gasteiger partial charge < -0.3 is 14.4 Å². The summed E-state index contributed by atoms with van der Waals surface area (Å²) >= 11 is 0. The zero-order chi connectivity index (χ0) is 17.6. The van der Waals surface area contributed by atoms with Crippen molar-refractivity contribution in [2.45, 2.75) is 44.2 Å². The van der Waals surface area contributed by atoms with Crippen LogP contribution in [0, 0.1) is 5.92 Å². The molecule has 2 heterocycles. The highest BCUT2D eigenvalue weighted by Crippen LogP contribution is 2.40. The van der Waals surface area contributed by atoms with Gasteiger partial charge in [-0.3, -0.25) is 9.59 Å². The van der Waals surface area contributed by atoms with Crippen LogP contribution in [0.1, 0.15) is 42.7 Å². The van der Waals surface area contributed by atoms with Gasteiger partial charge in [0.2, 0.25) is 0 Å². The van der Waals surface area contributed by atoms with Crippen LogP contribution >= 0.6 is 0 Å². The van der Waals surface area contributed by atoms with Gasteiger partial charge in [0.25, 0.3) is 5.91 Å². The molecule has 1 aliphatic heterocycles.